The summed E-state index contributed by atoms with van der Waals surface area (Å²) in [4.78, 5) is 34.4. The fraction of sp³-hybridized carbons (Fsp3) is 0.304. The second kappa shape index (κ2) is 7.28. The summed E-state index contributed by atoms with van der Waals surface area (Å²) in [6.45, 7) is 1.57. The summed E-state index contributed by atoms with van der Waals surface area (Å²) < 4.78 is 0. The fourth-order valence-corrected chi connectivity index (χ4v) is 4.51. The van der Waals surface area contributed by atoms with Crippen molar-refractivity contribution >= 4 is 29.3 Å². The van der Waals surface area contributed by atoms with Crippen LogP contribution >= 0.6 is 0 Å². The molecule has 3 aliphatic rings. The number of aromatic nitrogens is 2. The molecule has 4 heterocycles. The van der Waals surface area contributed by atoms with Gasteiger partial charge in [0.15, 0.2) is 0 Å². The lowest BCUT2D eigenvalue weighted by Gasteiger charge is -2.16. The van der Waals surface area contributed by atoms with Crippen molar-refractivity contribution in [2.75, 3.05) is 18.4 Å². The molecule has 0 spiro atoms. The summed E-state index contributed by atoms with van der Waals surface area (Å²) >= 11 is 0. The van der Waals surface area contributed by atoms with E-state index >= 15 is 0 Å². The summed E-state index contributed by atoms with van der Waals surface area (Å²) in [6, 6.07) is 6.10. The molecule has 6 heteroatoms. The number of pyridine rings is 2. The maximum Gasteiger partial charge on any atom is 0.246 e. The summed E-state index contributed by atoms with van der Waals surface area (Å²) in [7, 11) is 0. The number of likely N-dealkylation sites (tertiary alicyclic amines) is 1. The second-order valence-electron chi connectivity index (χ2n) is 7.96. The third-order valence-electron chi connectivity index (χ3n) is 6.04. The SMILES string of the molecule is O=C1CCc2cc(/C=C/C(=O)N3CC4C=C(c5ccncc5)C[C@@H]4C3)cnc2N1. The average Bonchev–Trinajstić information content (AvgIpc) is 3.32. The topological polar surface area (TPSA) is 75.2 Å². The Labute approximate surface area is 169 Å². The van der Waals surface area contributed by atoms with Crippen LogP contribution in [-0.4, -0.2) is 39.8 Å². The van der Waals surface area contributed by atoms with E-state index in [1.807, 2.05) is 29.4 Å². The molecule has 146 valence electrons. The van der Waals surface area contributed by atoms with Gasteiger partial charge in [0.1, 0.15) is 5.82 Å². The molecular formula is C23H22N4O2. The number of nitrogens with zero attached hydrogens (tertiary/aromatic N) is 3. The molecular weight excluding hydrogens is 364 g/mol. The predicted molar refractivity (Wildman–Crippen MR) is 111 cm³/mol. The lowest BCUT2D eigenvalue weighted by molar-refractivity contribution is -0.125. The molecule has 2 amide bonds. The molecule has 0 aromatic carbocycles. The molecule has 2 aromatic heterocycles. The Bertz CT molecular complexity index is 1030. The van der Waals surface area contributed by atoms with Crippen molar-refractivity contribution in [1.82, 2.24) is 14.9 Å². The van der Waals surface area contributed by atoms with Crippen LogP contribution in [0.5, 0.6) is 0 Å². The zero-order chi connectivity index (χ0) is 19.8. The number of anilines is 1. The summed E-state index contributed by atoms with van der Waals surface area (Å²) in [5.41, 5.74) is 4.51. The molecule has 2 aromatic rings. The third kappa shape index (κ3) is 3.58. The van der Waals surface area contributed by atoms with Crippen LogP contribution < -0.4 is 5.32 Å². The van der Waals surface area contributed by atoms with Gasteiger partial charge < -0.3 is 10.2 Å². The van der Waals surface area contributed by atoms with Gasteiger partial charge in [-0.2, -0.15) is 0 Å². The molecule has 1 unspecified atom stereocenters. The predicted octanol–water partition coefficient (Wildman–Crippen LogP) is 2.94. The van der Waals surface area contributed by atoms with Gasteiger partial charge >= 0.3 is 0 Å². The fourth-order valence-electron chi connectivity index (χ4n) is 4.51. The van der Waals surface area contributed by atoms with Crippen LogP contribution in [0, 0.1) is 11.8 Å². The average molecular weight is 386 g/mol. The van der Waals surface area contributed by atoms with Gasteiger partial charge in [0.05, 0.1) is 0 Å². The normalized spacial score (nSPS) is 23.0. The Morgan fingerprint density at radius 2 is 2.07 bits per heavy atom. The summed E-state index contributed by atoms with van der Waals surface area (Å²) in [5.74, 6) is 1.62. The first-order valence-corrected chi connectivity index (χ1v) is 10.0. The summed E-state index contributed by atoms with van der Waals surface area (Å²) in [6.07, 6.45) is 13.3. The molecule has 1 saturated heterocycles. The van der Waals surface area contributed by atoms with E-state index in [4.69, 9.17) is 0 Å². The Morgan fingerprint density at radius 1 is 1.21 bits per heavy atom. The van der Waals surface area contributed by atoms with Crippen molar-refractivity contribution in [1.29, 1.82) is 0 Å². The van der Waals surface area contributed by atoms with Crippen molar-refractivity contribution in [3.05, 3.63) is 65.6 Å². The Kier molecular flexibility index (Phi) is 4.46. The molecule has 2 aliphatic heterocycles. The smallest absolute Gasteiger partial charge is 0.246 e. The molecule has 6 nitrogen and oxygen atoms in total. The highest BCUT2D eigenvalue weighted by Gasteiger charge is 2.37. The highest BCUT2D eigenvalue weighted by atomic mass is 16.2. The maximum atomic E-state index is 12.7. The first kappa shape index (κ1) is 17.8. The van der Waals surface area contributed by atoms with Gasteiger partial charge in [-0.05, 0) is 71.2 Å². The number of allylic oxidation sites excluding steroid dienone is 1. The number of rotatable bonds is 3. The van der Waals surface area contributed by atoms with Crippen molar-refractivity contribution in [2.45, 2.75) is 19.3 Å². The standard InChI is InChI=1S/C23H22N4O2/c28-21-3-2-17-9-15(12-25-23(17)26-21)1-4-22(29)27-13-19-10-18(11-20(19)14-27)16-5-7-24-8-6-16/h1,4-10,12,19-20H,2-3,11,13-14H2,(H,25,26,28)/b4-1+/t19?,20-/m1/s1. The van der Waals surface area contributed by atoms with Crippen molar-refractivity contribution in [3.8, 4) is 0 Å². The first-order chi connectivity index (χ1) is 14.2. The Balaban J connectivity index is 1.23. The zero-order valence-corrected chi connectivity index (χ0v) is 16.0. The van der Waals surface area contributed by atoms with E-state index in [2.05, 4.69) is 33.5 Å². The van der Waals surface area contributed by atoms with Gasteiger partial charge in [-0.3, -0.25) is 14.6 Å². The number of carbonyl (C=O) groups excluding carboxylic acids is 2. The number of nitrogens with one attached hydrogen (secondary N) is 1. The van der Waals surface area contributed by atoms with Crippen LogP contribution in [0.1, 0.15) is 29.5 Å². The number of fused-ring (bicyclic) bond motifs is 2. The van der Waals surface area contributed by atoms with Crippen LogP contribution in [0.3, 0.4) is 0 Å². The van der Waals surface area contributed by atoms with E-state index in [1.165, 1.54) is 11.1 Å². The first-order valence-electron chi connectivity index (χ1n) is 10.0. The van der Waals surface area contributed by atoms with E-state index in [0.29, 0.717) is 30.5 Å². The van der Waals surface area contributed by atoms with E-state index < -0.39 is 0 Å². The Morgan fingerprint density at radius 3 is 2.90 bits per heavy atom. The van der Waals surface area contributed by atoms with Gasteiger partial charge in [-0.25, -0.2) is 4.98 Å². The lowest BCUT2D eigenvalue weighted by Crippen LogP contribution is -2.27. The highest BCUT2D eigenvalue weighted by molar-refractivity contribution is 5.94. The minimum Gasteiger partial charge on any atom is -0.338 e. The molecule has 29 heavy (non-hydrogen) atoms. The third-order valence-corrected chi connectivity index (χ3v) is 6.04. The van der Waals surface area contributed by atoms with Gasteiger partial charge in [0.2, 0.25) is 11.8 Å². The van der Waals surface area contributed by atoms with Gasteiger partial charge in [0.25, 0.3) is 0 Å². The monoisotopic (exact) mass is 386 g/mol. The molecule has 2 atom stereocenters. The van der Waals surface area contributed by atoms with Crippen LogP contribution in [0.4, 0.5) is 5.82 Å². The van der Waals surface area contributed by atoms with Gasteiger partial charge in [0, 0.05) is 44.2 Å². The van der Waals surface area contributed by atoms with Gasteiger partial charge in [-0.1, -0.05) is 6.08 Å². The lowest BCUT2D eigenvalue weighted by atomic mass is 9.99. The highest BCUT2D eigenvalue weighted by Crippen LogP contribution is 2.40. The molecule has 0 radical (unpaired) electrons. The largest absolute Gasteiger partial charge is 0.338 e. The van der Waals surface area contributed by atoms with Gasteiger partial charge in [-0.15, -0.1) is 0 Å². The number of hydrogen-bond donors (Lipinski definition) is 1. The van der Waals surface area contributed by atoms with E-state index in [1.54, 1.807) is 12.3 Å². The maximum absolute atomic E-state index is 12.7. The molecule has 0 saturated carbocycles. The Hall–Kier alpha value is -3.28. The minimum atomic E-state index is 0.00388. The zero-order valence-electron chi connectivity index (χ0n) is 16.0. The minimum absolute atomic E-state index is 0.00388. The van der Waals surface area contributed by atoms with Crippen molar-refractivity contribution in [2.24, 2.45) is 11.8 Å². The van der Waals surface area contributed by atoms with Crippen molar-refractivity contribution in [3.63, 3.8) is 0 Å². The number of aryl methyl sites for hydroxylation is 1. The summed E-state index contributed by atoms with van der Waals surface area (Å²) in [5, 5.41) is 2.78. The van der Waals surface area contributed by atoms with Crippen LogP contribution in [0.15, 0.2) is 48.9 Å². The quantitative estimate of drug-likeness (QED) is 0.823. The van der Waals surface area contributed by atoms with Crippen LogP contribution in [-0.2, 0) is 16.0 Å². The van der Waals surface area contributed by atoms with Crippen LogP contribution in [0.2, 0.25) is 0 Å². The molecule has 1 N–H and O–H groups in total. The number of carbonyl (C=O) groups is 2. The van der Waals surface area contributed by atoms with Crippen molar-refractivity contribution < 1.29 is 9.59 Å². The second-order valence-corrected chi connectivity index (χ2v) is 7.96. The van der Waals surface area contributed by atoms with E-state index in [0.717, 1.165) is 30.6 Å². The van der Waals surface area contributed by atoms with E-state index in [9.17, 15) is 9.59 Å². The number of amides is 2. The number of hydrogen-bond acceptors (Lipinski definition) is 4. The molecule has 5 rings (SSSR count). The van der Waals surface area contributed by atoms with E-state index in [-0.39, 0.29) is 11.8 Å². The molecule has 0 bridgehead atoms. The molecule has 1 fully saturated rings. The molecule has 1 aliphatic carbocycles. The van der Waals surface area contributed by atoms with Crippen LogP contribution in [0.25, 0.3) is 11.6 Å².